The molecule has 0 amide bonds. The molecule has 0 radical (unpaired) electrons. The van der Waals surface area contributed by atoms with Crippen molar-refractivity contribution in [2.45, 2.75) is 54.7 Å². The zero-order valence-electron chi connectivity index (χ0n) is 12.7. The molecule has 110 valence electrons. The zero-order chi connectivity index (χ0) is 15.5. The second kappa shape index (κ2) is 4.67. The quantitative estimate of drug-likeness (QED) is 0.438. The van der Waals surface area contributed by atoms with E-state index in [0.717, 1.165) is 17.6 Å². The van der Waals surface area contributed by atoms with E-state index in [1.54, 1.807) is 6.20 Å². The molecule has 4 nitrogen and oxygen atoms in total. The Hall–Kier alpha value is -0.645. The van der Waals surface area contributed by atoms with Crippen LogP contribution in [0.4, 0.5) is 0 Å². The molecule has 0 N–H and O–H groups in total. The average molecular weight is 396 g/mol. The Labute approximate surface area is 139 Å². The lowest BCUT2D eigenvalue weighted by molar-refractivity contribution is 0.00578. The van der Waals surface area contributed by atoms with E-state index < -0.39 is 23.7 Å². The van der Waals surface area contributed by atoms with Gasteiger partial charge in [0.25, 0.3) is 0 Å². The van der Waals surface area contributed by atoms with E-state index in [1.165, 1.54) is 0 Å². The highest BCUT2D eigenvalue weighted by atomic mass is 127. The van der Waals surface area contributed by atoms with E-state index in [4.69, 9.17) is 9.31 Å². The van der Waals surface area contributed by atoms with Crippen molar-refractivity contribution in [2.75, 3.05) is 0 Å². The maximum absolute atomic E-state index is 9.58. The van der Waals surface area contributed by atoms with Crippen LogP contribution in [-0.4, -0.2) is 27.2 Å². The van der Waals surface area contributed by atoms with Gasteiger partial charge in [0.1, 0.15) is 5.41 Å². The van der Waals surface area contributed by atoms with Crippen LogP contribution in [0.25, 0.3) is 0 Å². The van der Waals surface area contributed by atoms with Gasteiger partial charge in [0.2, 0.25) is 0 Å². The van der Waals surface area contributed by atoms with Crippen LogP contribution < -0.4 is 5.46 Å². The number of rotatable bonds is 2. The SMILES string of the molecule is CC1(C)OB(c2cccnc2C2(C#N)CC2I)OC1(C)C. The molecule has 0 spiro atoms. The molecule has 6 heteroatoms. The summed E-state index contributed by atoms with van der Waals surface area (Å²) in [7, 11) is -0.465. The molecule has 21 heavy (non-hydrogen) atoms. The predicted octanol–water partition coefficient (Wildman–Crippen LogP) is 2.35. The van der Waals surface area contributed by atoms with Crippen molar-refractivity contribution < 1.29 is 9.31 Å². The van der Waals surface area contributed by atoms with Crippen molar-refractivity contribution in [3.05, 3.63) is 24.0 Å². The molecular weight excluding hydrogens is 378 g/mol. The van der Waals surface area contributed by atoms with Crippen LogP contribution in [0.1, 0.15) is 39.8 Å². The van der Waals surface area contributed by atoms with Crippen molar-refractivity contribution in [1.82, 2.24) is 4.98 Å². The van der Waals surface area contributed by atoms with E-state index in [-0.39, 0.29) is 0 Å². The number of alkyl halides is 1. The highest BCUT2D eigenvalue weighted by Crippen LogP contribution is 2.52. The van der Waals surface area contributed by atoms with Crippen LogP contribution in [0.15, 0.2) is 18.3 Å². The van der Waals surface area contributed by atoms with Crippen molar-refractivity contribution >= 4 is 35.2 Å². The number of aromatic nitrogens is 1. The lowest BCUT2D eigenvalue weighted by atomic mass is 9.74. The molecular formula is C15H18BIN2O2. The zero-order valence-corrected chi connectivity index (χ0v) is 14.8. The molecule has 1 saturated heterocycles. The lowest BCUT2D eigenvalue weighted by Gasteiger charge is -2.32. The largest absolute Gasteiger partial charge is 0.496 e. The normalized spacial score (nSPS) is 32.8. The van der Waals surface area contributed by atoms with Gasteiger partial charge in [0.05, 0.1) is 23.0 Å². The van der Waals surface area contributed by atoms with Crippen LogP contribution in [0.5, 0.6) is 0 Å². The Kier molecular flexibility index (Phi) is 3.40. The Morgan fingerprint density at radius 3 is 2.38 bits per heavy atom. The van der Waals surface area contributed by atoms with Crippen LogP contribution in [-0.2, 0) is 14.7 Å². The van der Waals surface area contributed by atoms with Gasteiger partial charge in [0.15, 0.2) is 0 Å². The van der Waals surface area contributed by atoms with Gasteiger partial charge in [-0.1, -0.05) is 28.7 Å². The molecule has 3 rings (SSSR count). The summed E-state index contributed by atoms with van der Waals surface area (Å²) in [6.07, 6.45) is 2.58. The summed E-state index contributed by atoms with van der Waals surface area (Å²) in [6.45, 7) is 8.12. The minimum atomic E-state index is -0.485. The summed E-state index contributed by atoms with van der Waals surface area (Å²) in [5, 5.41) is 9.58. The Bertz CT molecular complexity index is 612. The van der Waals surface area contributed by atoms with Crippen LogP contribution in [0.3, 0.4) is 0 Å². The summed E-state index contributed by atoms with van der Waals surface area (Å²) >= 11 is 2.32. The van der Waals surface area contributed by atoms with Gasteiger partial charge in [0, 0.05) is 15.6 Å². The summed E-state index contributed by atoms with van der Waals surface area (Å²) in [6, 6.07) is 6.28. The molecule has 2 fully saturated rings. The van der Waals surface area contributed by atoms with Gasteiger partial charge in [-0.3, -0.25) is 4.98 Å². The number of nitriles is 1. The standard InChI is InChI=1S/C15H18BIN2O2/c1-13(2)14(3,4)21-16(20-13)10-6-5-7-19-12(10)15(9-18)8-11(15)17/h5-7,11H,8H2,1-4H3. The van der Waals surface area contributed by atoms with E-state index in [1.807, 2.05) is 39.8 Å². The first kappa shape index (κ1) is 15.3. The average Bonchev–Trinajstić information content (AvgIpc) is 3.02. The van der Waals surface area contributed by atoms with Crippen molar-refractivity contribution in [3.63, 3.8) is 0 Å². The number of halogens is 1. The Morgan fingerprint density at radius 2 is 1.90 bits per heavy atom. The fourth-order valence-electron chi connectivity index (χ4n) is 2.59. The van der Waals surface area contributed by atoms with Gasteiger partial charge in [-0.25, -0.2) is 0 Å². The molecule has 2 atom stereocenters. The molecule has 2 heterocycles. The third-order valence-electron chi connectivity index (χ3n) is 4.84. The first-order chi connectivity index (χ1) is 9.73. The predicted molar refractivity (Wildman–Crippen MR) is 89.7 cm³/mol. The fraction of sp³-hybridized carbons (Fsp3) is 0.600. The molecule has 2 unspecified atom stereocenters. The molecule has 1 aromatic heterocycles. The topological polar surface area (TPSA) is 55.1 Å². The van der Waals surface area contributed by atoms with Gasteiger partial charge >= 0.3 is 7.12 Å². The first-order valence-electron chi connectivity index (χ1n) is 7.10. The first-order valence-corrected chi connectivity index (χ1v) is 8.34. The number of hydrogen-bond acceptors (Lipinski definition) is 4. The fourth-order valence-corrected chi connectivity index (χ4v) is 3.72. The maximum atomic E-state index is 9.58. The summed E-state index contributed by atoms with van der Waals surface area (Å²) in [4.78, 5) is 4.49. The van der Waals surface area contributed by atoms with E-state index in [9.17, 15) is 5.26 Å². The number of nitrogens with zero attached hydrogens (tertiary/aromatic N) is 2. The van der Waals surface area contributed by atoms with Gasteiger partial charge in [-0.15, -0.1) is 0 Å². The Balaban J connectivity index is 2.01. The molecule has 2 aliphatic rings. The molecule has 1 aliphatic heterocycles. The highest BCUT2D eigenvalue weighted by molar-refractivity contribution is 14.1. The molecule has 0 bridgehead atoms. The summed E-state index contributed by atoms with van der Waals surface area (Å²) in [5.74, 6) is 0. The minimum Gasteiger partial charge on any atom is -0.399 e. The smallest absolute Gasteiger partial charge is 0.399 e. The third-order valence-corrected chi connectivity index (χ3v) is 6.35. The lowest BCUT2D eigenvalue weighted by Crippen LogP contribution is -2.41. The van der Waals surface area contributed by atoms with Crippen molar-refractivity contribution in [2.24, 2.45) is 0 Å². The van der Waals surface area contributed by atoms with Gasteiger partial charge in [-0.2, -0.15) is 5.26 Å². The van der Waals surface area contributed by atoms with Gasteiger partial charge in [-0.05, 0) is 40.2 Å². The molecule has 1 aliphatic carbocycles. The van der Waals surface area contributed by atoms with Gasteiger partial charge < -0.3 is 9.31 Å². The molecule has 1 aromatic rings. The summed E-state index contributed by atoms with van der Waals surface area (Å²) < 4.78 is 12.5. The molecule has 0 aromatic carbocycles. The second-order valence-electron chi connectivity index (χ2n) is 6.78. The van der Waals surface area contributed by atoms with Crippen molar-refractivity contribution in [3.8, 4) is 6.07 Å². The minimum absolute atomic E-state index is 0.302. The van der Waals surface area contributed by atoms with Crippen molar-refractivity contribution in [1.29, 1.82) is 5.26 Å². The third kappa shape index (κ3) is 2.21. The van der Waals surface area contributed by atoms with Crippen LogP contribution in [0, 0.1) is 11.3 Å². The van der Waals surface area contributed by atoms with E-state index >= 15 is 0 Å². The molecule has 1 saturated carbocycles. The highest BCUT2D eigenvalue weighted by Gasteiger charge is 2.60. The van der Waals surface area contributed by atoms with Crippen LogP contribution >= 0.6 is 22.6 Å². The number of pyridine rings is 1. The number of hydrogen-bond donors (Lipinski definition) is 0. The monoisotopic (exact) mass is 396 g/mol. The Morgan fingerprint density at radius 1 is 1.33 bits per heavy atom. The second-order valence-corrected chi connectivity index (χ2v) is 8.29. The van der Waals surface area contributed by atoms with E-state index in [2.05, 4.69) is 33.6 Å². The van der Waals surface area contributed by atoms with Crippen LogP contribution in [0.2, 0.25) is 0 Å². The van der Waals surface area contributed by atoms with E-state index in [0.29, 0.717) is 3.92 Å². The summed E-state index contributed by atoms with van der Waals surface area (Å²) in [5.41, 5.74) is 0.429. The maximum Gasteiger partial charge on any atom is 0.496 e.